The fourth-order valence-electron chi connectivity index (χ4n) is 2.26. The van der Waals surface area contributed by atoms with Crippen molar-refractivity contribution in [1.29, 1.82) is 0 Å². The lowest BCUT2D eigenvalue weighted by molar-refractivity contribution is 0.273. The third-order valence-corrected chi connectivity index (χ3v) is 4.01. The summed E-state index contributed by atoms with van der Waals surface area (Å²) in [5.74, 6) is 1.26. The van der Waals surface area contributed by atoms with E-state index in [4.69, 9.17) is 11.6 Å². The highest BCUT2D eigenvalue weighted by Gasteiger charge is 2.16. The molecule has 0 unspecified atom stereocenters. The van der Waals surface area contributed by atoms with Crippen LogP contribution in [0.1, 0.15) is 33.1 Å². The number of hydrogen-bond donors (Lipinski definition) is 1. The van der Waals surface area contributed by atoms with Crippen molar-refractivity contribution in [3.05, 3.63) is 5.28 Å². The molecule has 1 N–H and O–H groups in total. The molecule has 0 aliphatic carbocycles. The molecule has 21 heavy (non-hydrogen) atoms. The molecule has 1 fully saturated rings. The van der Waals surface area contributed by atoms with Crippen LogP contribution in [0.15, 0.2) is 0 Å². The second kappa shape index (κ2) is 7.75. The zero-order valence-electron chi connectivity index (χ0n) is 13.1. The molecule has 0 aromatic carbocycles. The molecule has 1 saturated heterocycles. The molecule has 7 heteroatoms. The Bertz CT molecular complexity index is 447. The summed E-state index contributed by atoms with van der Waals surface area (Å²) in [7, 11) is 2.13. The molecule has 0 bridgehead atoms. The third kappa shape index (κ3) is 4.97. The van der Waals surface area contributed by atoms with Gasteiger partial charge in [-0.25, -0.2) is 0 Å². The number of hydrogen-bond acceptors (Lipinski definition) is 6. The predicted molar refractivity (Wildman–Crippen MR) is 87.2 cm³/mol. The first kappa shape index (κ1) is 16.2. The first-order valence-corrected chi connectivity index (χ1v) is 8.04. The van der Waals surface area contributed by atoms with E-state index in [1.807, 2.05) is 0 Å². The van der Waals surface area contributed by atoms with E-state index in [0.717, 1.165) is 32.6 Å². The summed E-state index contributed by atoms with van der Waals surface area (Å²) < 4.78 is 0. The maximum Gasteiger partial charge on any atom is 0.231 e. The topological polar surface area (TPSA) is 57.2 Å². The molecule has 0 atom stereocenters. The van der Waals surface area contributed by atoms with Gasteiger partial charge in [-0.1, -0.05) is 0 Å². The van der Waals surface area contributed by atoms with Crippen molar-refractivity contribution in [2.75, 3.05) is 43.4 Å². The summed E-state index contributed by atoms with van der Waals surface area (Å²) in [6.07, 6.45) is 3.41. The molecule has 0 amide bonds. The zero-order chi connectivity index (χ0) is 15.2. The Labute approximate surface area is 131 Å². The quantitative estimate of drug-likeness (QED) is 0.779. The zero-order valence-corrected chi connectivity index (χ0v) is 13.9. The van der Waals surface area contributed by atoms with Gasteiger partial charge in [0, 0.05) is 25.7 Å². The van der Waals surface area contributed by atoms with Crippen molar-refractivity contribution >= 4 is 23.5 Å². The maximum atomic E-state index is 6.00. The van der Waals surface area contributed by atoms with Gasteiger partial charge in [0.05, 0.1) is 0 Å². The lowest BCUT2D eigenvalue weighted by Crippen LogP contribution is -2.28. The Morgan fingerprint density at radius 3 is 2.62 bits per heavy atom. The smallest absolute Gasteiger partial charge is 0.231 e. The molecule has 0 radical (unpaired) electrons. The minimum atomic E-state index is 0.258. The molecular weight excluding hydrogens is 288 g/mol. The number of aromatic nitrogens is 3. The molecule has 0 spiro atoms. The summed E-state index contributed by atoms with van der Waals surface area (Å²) in [6, 6.07) is 0.568. The minimum Gasteiger partial charge on any atom is -0.354 e. The molecule has 1 aliphatic rings. The lowest BCUT2D eigenvalue weighted by atomic mass is 10.3. The number of rotatable bonds is 7. The fraction of sp³-hybridized carbons (Fsp3) is 0.786. The Hall–Kier alpha value is -1.14. The van der Waals surface area contributed by atoms with Gasteiger partial charge in [0.2, 0.25) is 17.2 Å². The van der Waals surface area contributed by atoms with Crippen LogP contribution >= 0.6 is 11.6 Å². The second-order valence-corrected chi connectivity index (χ2v) is 6.11. The lowest BCUT2D eigenvalue weighted by Gasteiger charge is -2.20. The van der Waals surface area contributed by atoms with Crippen LogP contribution in [-0.2, 0) is 0 Å². The molecule has 0 saturated carbocycles. The Kier molecular flexibility index (Phi) is 5.99. The van der Waals surface area contributed by atoms with Crippen molar-refractivity contribution in [1.82, 2.24) is 19.9 Å². The van der Waals surface area contributed by atoms with Gasteiger partial charge in [-0.3, -0.25) is 0 Å². The highest BCUT2D eigenvalue weighted by Crippen LogP contribution is 2.18. The van der Waals surface area contributed by atoms with E-state index in [-0.39, 0.29) is 5.28 Å². The number of nitrogens with one attached hydrogen (secondary N) is 1. The molecule has 118 valence electrons. The largest absolute Gasteiger partial charge is 0.354 e. The Morgan fingerprint density at radius 2 is 1.95 bits per heavy atom. The van der Waals surface area contributed by atoms with Gasteiger partial charge in [0.15, 0.2) is 0 Å². The first-order chi connectivity index (χ1) is 10.1. The maximum absolute atomic E-state index is 6.00. The van der Waals surface area contributed by atoms with Crippen LogP contribution in [0.25, 0.3) is 0 Å². The van der Waals surface area contributed by atoms with Crippen LogP contribution in [-0.4, -0.2) is 59.1 Å². The van der Waals surface area contributed by atoms with Gasteiger partial charge in [-0.15, -0.1) is 0 Å². The van der Waals surface area contributed by atoms with Crippen LogP contribution in [0.3, 0.4) is 0 Å². The van der Waals surface area contributed by atoms with Crippen molar-refractivity contribution in [2.45, 2.75) is 39.2 Å². The predicted octanol–water partition coefficient (Wildman–Crippen LogP) is 2.27. The van der Waals surface area contributed by atoms with E-state index < -0.39 is 0 Å². The molecule has 2 heterocycles. The van der Waals surface area contributed by atoms with Crippen molar-refractivity contribution in [3.63, 3.8) is 0 Å². The summed E-state index contributed by atoms with van der Waals surface area (Å²) in [5, 5.41) is 3.50. The number of anilines is 2. The molecule has 6 nitrogen and oxygen atoms in total. The van der Waals surface area contributed by atoms with E-state index >= 15 is 0 Å². The van der Waals surface area contributed by atoms with Crippen molar-refractivity contribution in [2.24, 2.45) is 0 Å². The second-order valence-electron chi connectivity index (χ2n) is 5.78. The average Bonchev–Trinajstić information content (AvgIpc) is 2.96. The van der Waals surface area contributed by atoms with E-state index in [1.54, 1.807) is 0 Å². The first-order valence-electron chi connectivity index (χ1n) is 7.67. The van der Waals surface area contributed by atoms with Crippen LogP contribution in [0.2, 0.25) is 5.28 Å². The van der Waals surface area contributed by atoms with Gasteiger partial charge in [-0.2, -0.15) is 15.0 Å². The van der Waals surface area contributed by atoms with Gasteiger partial charge < -0.3 is 15.1 Å². The molecule has 1 aliphatic heterocycles. The number of nitrogens with zero attached hydrogens (tertiary/aromatic N) is 5. The number of halogens is 1. The Morgan fingerprint density at radius 1 is 1.24 bits per heavy atom. The minimum absolute atomic E-state index is 0.258. The van der Waals surface area contributed by atoms with Crippen LogP contribution in [0.5, 0.6) is 0 Å². The van der Waals surface area contributed by atoms with E-state index in [9.17, 15) is 0 Å². The normalized spacial score (nSPS) is 15.2. The average molecular weight is 313 g/mol. The van der Waals surface area contributed by atoms with Crippen LogP contribution < -0.4 is 10.2 Å². The highest BCUT2D eigenvalue weighted by molar-refractivity contribution is 6.28. The van der Waals surface area contributed by atoms with E-state index in [2.05, 4.69) is 51.0 Å². The standard InChI is InChI=1S/C14H25ClN6/c1-11(2)20(3)8-6-7-16-13-17-12(15)18-14(19-13)21-9-4-5-10-21/h11H,4-10H2,1-3H3,(H,16,17,18,19). The van der Waals surface area contributed by atoms with Crippen molar-refractivity contribution in [3.8, 4) is 0 Å². The van der Waals surface area contributed by atoms with Gasteiger partial charge in [-0.05, 0) is 58.3 Å². The molecule has 2 rings (SSSR count). The SMILES string of the molecule is CC(C)N(C)CCCNc1nc(Cl)nc(N2CCCC2)n1. The van der Waals surface area contributed by atoms with E-state index in [0.29, 0.717) is 17.9 Å². The van der Waals surface area contributed by atoms with Gasteiger partial charge in [0.25, 0.3) is 0 Å². The third-order valence-electron chi connectivity index (χ3n) is 3.84. The summed E-state index contributed by atoms with van der Waals surface area (Å²) >= 11 is 6.00. The van der Waals surface area contributed by atoms with Crippen molar-refractivity contribution < 1.29 is 0 Å². The van der Waals surface area contributed by atoms with Gasteiger partial charge >= 0.3 is 0 Å². The molecule has 1 aromatic heterocycles. The van der Waals surface area contributed by atoms with Crippen LogP contribution in [0, 0.1) is 0 Å². The Balaban J connectivity index is 1.85. The summed E-state index contributed by atoms with van der Waals surface area (Å²) in [5.41, 5.74) is 0. The summed E-state index contributed by atoms with van der Waals surface area (Å²) in [4.78, 5) is 17.3. The molecule has 1 aromatic rings. The fourth-order valence-corrected chi connectivity index (χ4v) is 2.42. The van der Waals surface area contributed by atoms with Gasteiger partial charge in [0.1, 0.15) is 0 Å². The summed E-state index contributed by atoms with van der Waals surface area (Å²) in [6.45, 7) is 8.26. The highest BCUT2D eigenvalue weighted by atomic mass is 35.5. The monoisotopic (exact) mass is 312 g/mol. The van der Waals surface area contributed by atoms with Crippen LogP contribution in [0.4, 0.5) is 11.9 Å². The molecular formula is C14H25ClN6. The van der Waals surface area contributed by atoms with E-state index in [1.165, 1.54) is 12.8 Å².